The topological polar surface area (TPSA) is 149 Å². The zero-order valence-corrected chi connectivity index (χ0v) is 34.4. The van der Waals surface area contributed by atoms with Gasteiger partial charge in [-0.05, 0) is 12.8 Å². The predicted octanol–water partition coefficient (Wildman–Crippen LogP) is 11.1. The average molecular weight is 765 g/mol. The van der Waals surface area contributed by atoms with E-state index in [0.717, 1.165) is 32.1 Å². The Balaban J connectivity index is 4.20. The highest BCUT2D eigenvalue weighted by Gasteiger charge is 2.27. The molecule has 0 amide bonds. The predicted molar refractivity (Wildman–Crippen MR) is 210 cm³/mol. The van der Waals surface area contributed by atoms with Crippen LogP contribution in [0, 0.1) is 0 Å². The van der Waals surface area contributed by atoms with Crippen LogP contribution in [0.25, 0.3) is 0 Å². The Morgan fingerprint density at radius 3 is 1.19 bits per heavy atom. The van der Waals surface area contributed by atoms with Gasteiger partial charge in [0.1, 0.15) is 12.7 Å². The van der Waals surface area contributed by atoms with Crippen molar-refractivity contribution in [1.82, 2.24) is 0 Å². The van der Waals surface area contributed by atoms with Gasteiger partial charge in [0.05, 0.1) is 19.8 Å². The Labute approximate surface area is 318 Å². The van der Waals surface area contributed by atoms with Crippen molar-refractivity contribution in [3.8, 4) is 0 Å². The van der Waals surface area contributed by atoms with E-state index in [2.05, 4.69) is 18.4 Å². The molecule has 0 aromatic heterocycles. The van der Waals surface area contributed by atoms with Crippen LogP contribution in [0.3, 0.4) is 0 Å². The van der Waals surface area contributed by atoms with E-state index < -0.39 is 51.8 Å². The number of unbranched alkanes of at least 4 members (excludes halogenated alkanes) is 27. The zero-order chi connectivity index (χ0) is 38.4. The number of hydrogen-bond acceptors (Lipinski definition) is 9. The van der Waals surface area contributed by atoms with E-state index >= 15 is 0 Å². The summed E-state index contributed by atoms with van der Waals surface area (Å²) in [6.45, 7) is 2.40. The van der Waals surface area contributed by atoms with Gasteiger partial charge in [-0.15, -0.1) is 0 Å². The maximum atomic E-state index is 12.5. The second-order valence-electron chi connectivity index (χ2n) is 14.7. The highest BCUT2D eigenvalue weighted by atomic mass is 31.2. The van der Waals surface area contributed by atoms with Crippen molar-refractivity contribution in [2.45, 2.75) is 225 Å². The maximum Gasteiger partial charge on any atom is 0.472 e. The van der Waals surface area contributed by atoms with Crippen LogP contribution in [0.1, 0.15) is 213 Å². The van der Waals surface area contributed by atoms with Crippen molar-refractivity contribution in [3.05, 3.63) is 0 Å². The molecule has 0 saturated carbocycles. The first-order chi connectivity index (χ1) is 25.2. The fourth-order valence-corrected chi connectivity index (χ4v) is 6.96. The lowest BCUT2D eigenvalue weighted by Gasteiger charge is -2.20. The molecule has 1 unspecified atom stereocenters. The molecular weight excluding hydrogens is 683 g/mol. The number of ether oxygens (including phenoxy) is 2. The van der Waals surface area contributed by atoms with E-state index in [1.165, 1.54) is 141 Å². The summed E-state index contributed by atoms with van der Waals surface area (Å²) in [6.07, 6.45) is 33.6. The van der Waals surface area contributed by atoms with Crippen molar-refractivity contribution in [1.29, 1.82) is 0 Å². The molecule has 52 heavy (non-hydrogen) atoms. The van der Waals surface area contributed by atoms with Gasteiger partial charge >= 0.3 is 19.8 Å². The molecule has 0 aromatic carbocycles. The summed E-state index contributed by atoms with van der Waals surface area (Å²) in [7, 11) is -4.60. The van der Waals surface area contributed by atoms with Crippen molar-refractivity contribution in [2.75, 3.05) is 26.4 Å². The van der Waals surface area contributed by atoms with Crippen LogP contribution < -0.4 is 0 Å². The van der Waals surface area contributed by atoms with Gasteiger partial charge in [0.15, 0.2) is 6.10 Å². The number of carbonyl (C=O) groups excluding carboxylic acids is 2. The lowest BCUT2D eigenvalue weighted by molar-refractivity contribution is -0.161. The van der Waals surface area contributed by atoms with Gasteiger partial charge in [-0.25, -0.2) is 4.57 Å². The number of esters is 2. The molecule has 0 aliphatic heterocycles. The number of rotatable bonds is 41. The molecule has 0 aromatic rings. The van der Waals surface area contributed by atoms with Crippen molar-refractivity contribution in [2.24, 2.45) is 0 Å². The highest BCUT2D eigenvalue weighted by Crippen LogP contribution is 2.43. The van der Waals surface area contributed by atoms with E-state index in [-0.39, 0.29) is 19.4 Å². The van der Waals surface area contributed by atoms with E-state index in [1.807, 2.05) is 0 Å². The van der Waals surface area contributed by atoms with Crippen LogP contribution >= 0.6 is 7.82 Å². The molecule has 0 spiro atoms. The monoisotopic (exact) mass is 765 g/mol. The summed E-state index contributed by atoms with van der Waals surface area (Å²) in [5, 5.41) is 18.3. The molecule has 3 atom stereocenters. The number of hydrogen-bond donors (Lipinski definition) is 3. The Kier molecular flexibility index (Phi) is 37.5. The van der Waals surface area contributed by atoms with Crippen LogP contribution in [-0.2, 0) is 32.7 Å². The second-order valence-corrected chi connectivity index (χ2v) is 16.2. The fourth-order valence-electron chi connectivity index (χ4n) is 6.17. The van der Waals surface area contributed by atoms with Crippen LogP contribution in [0.2, 0.25) is 0 Å². The van der Waals surface area contributed by atoms with Crippen LogP contribution in [0.5, 0.6) is 0 Å². The van der Waals surface area contributed by atoms with Gasteiger partial charge in [-0.3, -0.25) is 18.6 Å². The molecule has 310 valence electrons. The summed E-state index contributed by atoms with van der Waals surface area (Å²) in [5.74, 6) is -0.911. The zero-order valence-electron chi connectivity index (χ0n) is 33.6. The summed E-state index contributed by atoms with van der Waals surface area (Å²) < 4.78 is 32.7. The molecule has 10 nitrogen and oxygen atoms in total. The summed E-state index contributed by atoms with van der Waals surface area (Å²) >= 11 is 0. The standard InChI is InChI=1S/C41H81O10P/c1-3-5-7-9-11-13-15-16-17-18-19-20-21-23-24-26-28-30-32-40(44)48-36-39(37-50-52(46,47)49-35-38(43)34-42)51-41(45)33-31-29-27-25-22-14-12-10-8-6-4-2/h38-39,42-43H,3-37H2,1-2H3,(H,46,47)/t38-,39+/m0/s1. The smallest absolute Gasteiger partial charge is 0.462 e. The maximum absolute atomic E-state index is 12.5. The van der Waals surface area contributed by atoms with Gasteiger partial charge in [0, 0.05) is 12.8 Å². The third kappa shape index (κ3) is 37.3. The molecule has 0 rings (SSSR count). The van der Waals surface area contributed by atoms with Crippen LogP contribution in [0.4, 0.5) is 0 Å². The largest absolute Gasteiger partial charge is 0.472 e. The molecular formula is C41H81O10P. The molecule has 0 bridgehead atoms. The second kappa shape index (κ2) is 38.3. The molecule has 0 saturated heterocycles. The SMILES string of the molecule is CCCCCCCCCCCCCCCCCCCCC(=O)OC[C@H](COP(=O)(O)OC[C@@H](O)CO)OC(=O)CCCCCCCCCCCCC. The summed E-state index contributed by atoms with van der Waals surface area (Å²) in [6, 6.07) is 0. The van der Waals surface area contributed by atoms with Gasteiger partial charge in [0.25, 0.3) is 0 Å². The summed E-state index contributed by atoms with van der Waals surface area (Å²) in [4.78, 5) is 34.9. The molecule has 0 fully saturated rings. The quantitative estimate of drug-likeness (QED) is 0.0312. The van der Waals surface area contributed by atoms with Gasteiger partial charge < -0.3 is 24.6 Å². The van der Waals surface area contributed by atoms with Crippen molar-refractivity contribution in [3.63, 3.8) is 0 Å². The Hall–Kier alpha value is -1.03. The summed E-state index contributed by atoms with van der Waals surface area (Å²) in [5.41, 5.74) is 0. The number of aliphatic hydroxyl groups is 2. The lowest BCUT2D eigenvalue weighted by Crippen LogP contribution is -2.29. The van der Waals surface area contributed by atoms with Crippen molar-refractivity contribution >= 4 is 19.8 Å². The third-order valence-electron chi connectivity index (χ3n) is 9.51. The number of aliphatic hydroxyl groups excluding tert-OH is 2. The van der Waals surface area contributed by atoms with Gasteiger partial charge in [-0.2, -0.15) is 0 Å². The minimum absolute atomic E-state index is 0.191. The van der Waals surface area contributed by atoms with E-state index in [1.54, 1.807) is 0 Å². The minimum atomic E-state index is -4.60. The first kappa shape index (κ1) is 51.0. The first-order valence-electron chi connectivity index (χ1n) is 21.5. The third-order valence-corrected chi connectivity index (χ3v) is 10.5. The van der Waals surface area contributed by atoms with Crippen molar-refractivity contribution < 1.29 is 47.8 Å². The lowest BCUT2D eigenvalue weighted by atomic mass is 10.0. The normalized spacial score (nSPS) is 13.9. The van der Waals surface area contributed by atoms with E-state index in [9.17, 15) is 24.2 Å². The van der Waals surface area contributed by atoms with E-state index in [0.29, 0.717) is 12.8 Å². The molecule has 3 N–H and O–H groups in total. The molecule has 0 aliphatic carbocycles. The Morgan fingerprint density at radius 1 is 0.500 bits per heavy atom. The number of phosphoric ester groups is 1. The van der Waals surface area contributed by atoms with Crippen LogP contribution in [0.15, 0.2) is 0 Å². The average Bonchev–Trinajstić information content (AvgIpc) is 3.13. The highest BCUT2D eigenvalue weighted by molar-refractivity contribution is 7.47. The molecule has 11 heteroatoms. The minimum Gasteiger partial charge on any atom is -0.462 e. The number of carbonyl (C=O) groups is 2. The number of phosphoric acid groups is 1. The molecule has 0 aliphatic rings. The van der Waals surface area contributed by atoms with Gasteiger partial charge in [0.2, 0.25) is 0 Å². The van der Waals surface area contributed by atoms with E-state index in [4.69, 9.17) is 19.1 Å². The Bertz CT molecular complexity index is 842. The fraction of sp³-hybridized carbons (Fsp3) is 0.951. The first-order valence-corrected chi connectivity index (χ1v) is 23.0. The Morgan fingerprint density at radius 2 is 0.827 bits per heavy atom. The van der Waals surface area contributed by atoms with Gasteiger partial charge in [-0.1, -0.05) is 187 Å². The molecule has 0 heterocycles. The molecule has 0 radical (unpaired) electrons. The van der Waals surface area contributed by atoms with Crippen LogP contribution in [-0.4, -0.2) is 65.7 Å².